The number of ether oxygens (including phenoxy) is 3. The van der Waals surface area contributed by atoms with Gasteiger partial charge in [0.2, 0.25) is 0 Å². The molecule has 0 fully saturated rings. The molecule has 0 aliphatic heterocycles. The monoisotopic (exact) mass is 891 g/mol. The van der Waals surface area contributed by atoms with Crippen molar-refractivity contribution in [1.82, 2.24) is 0 Å². The third-order valence-electron chi connectivity index (χ3n) is 11.3. The summed E-state index contributed by atoms with van der Waals surface area (Å²) >= 11 is 0. The van der Waals surface area contributed by atoms with Gasteiger partial charge in [-0.2, -0.15) is 0 Å². The van der Waals surface area contributed by atoms with Gasteiger partial charge in [0.25, 0.3) is 0 Å². The highest BCUT2D eigenvalue weighted by Crippen LogP contribution is 2.16. The summed E-state index contributed by atoms with van der Waals surface area (Å²) < 4.78 is 16.7. The largest absolute Gasteiger partial charge is 0.462 e. The van der Waals surface area contributed by atoms with Gasteiger partial charge in [-0.25, -0.2) is 0 Å². The summed E-state index contributed by atoms with van der Waals surface area (Å²) in [5.41, 5.74) is 0. The first kappa shape index (κ1) is 60.6. The lowest BCUT2D eigenvalue weighted by Gasteiger charge is -2.18. The Bertz CT molecular complexity index is 1250. The van der Waals surface area contributed by atoms with E-state index in [0.29, 0.717) is 19.3 Å². The third-order valence-corrected chi connectivity index (χ3v) is 11.3. The molecule has 0 aromatic carbocycles. The zero-order chi connectivity index (χ0) is 46.5. The molecule has 6 heteroatoms. The Morgan fingerprint density at radius 3 is 1.17 bits per heavy atom. The van der Waals surface area contributed by atoms with Gasteiger partial charge in [-0.05, 0) is 57.8 Å². The first-order chi connectivity index (χ1) is 31.5. The topological polar surface area (TPSA) is 78.9 Å². The zero-order valence-corrected chi connectivity index (χ0v) is 41.8. The first-order valence-corrected chi connectivity index (χ1v) is 26.7. The number of hydrogen-bond acceptors (Lipinski definition) is 6. The highest BCUT2D eigenvalue weighted by molar-refractivity contribution is 5.71. The van der Waals surface area contributed by atoms with Crippen LogP contribution in [0.2, 0.25) is 0 Å². The van der Waals surface area contributed by atoms with E-state index in [2.05, 4.69) is 51.2 Å². The summed E-state index contributed by atoms with van der Waals surface area (Å²) in [6.07, 6.45) is 67.3. The van der Waals surface area contributed by atoms with Crippen LogP contribution >= 0.6 is 0 Å². The number of unbranched alkanes of at least 4 members (excludes halogenated alkanes) is 26. The lowest BCUT2D eigenvalue weighted by Crippen LogP contribution is -2.30. The molecule has 6 nitrogen and oxygen atoms in total. The van der Waals surface area contributed by atoms with Gasteiger partial charge < -0.3 is 14.2 Å². The summed E-state index contributed by atoms with van der Waals surface area (Å²) in [6, 6.07) is 0. The number of carbonyl (C=O) groups is 3. The van der Waals surface area contributed by atoms with Crippen LogP contribution in [-0.2, 0) is 28.6 Å². The minimum atomic E-state index is -0.808. The average molecular weight is 891 g/mol. The predicted molar refractivity (Wildman–Crippen MR) is 274 cm³/mol. The number of hydrogen-bond donors (Lipinski definition) is 0. The number of allylic oxidation sites excluding steroid dienone is 14. The highest BCUT2D eigenvalue weighted by atomic mass is 16.6. The SMILES string of the molecule is CC/C=C/C=C/C=C/C=C/C=C/CCCC(=O)OCC(COC(=O)CCCCCCCCCCCCCCCCCCCCC)OC(=O)CCCCCCCCC/C=C/C/C=C/CC. The molecule has 0 saturated carbocycles. The first-order valence-electron chi connectivity index (χ1n) is 26.7. The molecule has 0 saturated heterocycles. The lowest BCUT2D eigenvalue weighted by atomic mass is 10.0. The molecule has 1 atom stereocenters. The number of carbonyl (C=O) groups excluding carboxylic acids is 3. The fourth-order valence-electron chi connectivity index (χ4n) is 7.33. The van der Waals surface area contributed by atoms with E-state index < -0.39 is 6.10 Å². The highest BCUT2D eigenvalue weighted by Gasteiger charge is 2.19. The molecular weight excluding hydrogens is 793 g/mol. The third kappa shape index (κ3) is 49.6. The van der Waals surface area contributed by atoms with Crippen molar-refractivity contribution in [3.63, 3.8) is 0 Å². The maximum absolute atomic E-state index is 12.8. The Labute approximate surface area is 395 Å². The van der Waals surface area contributed by atoms with Gasteiger partial charge in [0, 0.05) is 19.3 Å². The summed E-state index contributed by atoms with van der Waals surface area (Å²) in [4.78, 5) is 38.0. The number of esters is 3. The molecule has 0 aliphatic rings. The Hall–Kier alpha value is -3.41. The Morgan fingerprint density at radius 1 is 0.344 bits per heavy atom. The van der Waals surface area contributed by atoms with E-state index in [1.54, 1.807) is 0 Å². The summed E-state index contributed by atoms with van der Waals surface area (Å²) in [6.45, 7) is 6.33. The van der Waals surface area contributed by atoms with Crippen LogP contribution in [0, 0.1) is 0 Å². The van der Waals surface area contributed by atoms with Gasteiger partial charge in [-0.15, -0.1) is 0 Å². The maximum Gasteiger partial charge on any atom is 0.306 e. The lowest BCUT2D eigenvalue weighted by molar-refractivity contribution is -0.167. The van der Waals surface area contributed by atoms with Gasteiger partial charge in [-0.1, -0.05) is 254 Å². The molecule has 366 valence electrons. The molecule has 0 radical (unpaired) electrons. The van der Waals surface area contributed by atoms with Gasteiger partial charge in [-0.3, -0.25) is 14.4 Å². The van der Waals surface area contributed by atoms with E-state index in [9.17, 15) is 14.4 Å². The van der Waals surface area contributed by atoms with Crippen molar-refractivity contribution < 1.29 is 28.6 Å². The van der Waals surface area contributed by atoms with E-state index in [-0.39, 0.29) is 37.5 Å². The van der Waals surface area contributed by atoms with E-state index in [1.807, 2.05) is 54.7 Å². The van der Waals surface area contributed by atoms with Crippen molar-refractivity contribution in [2.75, 3.05) is 13.2 Å². The standard InChI is InChI=1S/C58H98O6/c1-4-7-10-13-16-19-22-25-27-28-29-30-31-34-36-39-42-45-48-51-57(60)63-54-55(53-62-56(59)50-47-44-41-38-35-32-24-21-18-15-12-9-6-3)64-58(61)52-49-46-43-40-37-33-26-23-20-17-14-11-8-5-2/h8-9,11-12,15,17-18,20-21,24,32,35,38,41,55H,4-7,10,13-14,16,19,22-23,25-31,33-34,36-37,39-40,42-54H2,1-3H3/b11-8+,12-9+,18-15+,20-17+,24-21+,35-32+,41-38+. The van der Waals surface area contributed by atoms with Crippen LogP contribution in [0.4, 0.5) is 0 Å². The van der Waals surface area contributed by atoms with Crippen molar-refractivity contribution >= 4 is 17.9 Å². The quantitative estimate of drug-likeness (QED) is 0.0199. The van der Waals surface area contributed by atoms with Crippen LogP contribution in [0.25, 0.3) is 0 Å². The fourth-order valence-corrected chi connectivity index (χ4v) is 7.33. The molecule has 0 aliphatic carbocycles. The minimum absolute atomic E-state index is 0.101. The van der Waals surface area contributed by atoms with E-state index in [0.717, 1.165) is 70.6 Å². The zero-order valence-electron chi connectivity index (χ0n) is 41.8. The van der Waals surface area contributed by atoms with E-state index in [4.69, 9.17) is 14.2 Å². The molecule has 0 aromatic rings. The van der Waals surface area contributed by atoms with Crippen LogP contribution in [0.1, 0.15) is 245 Å². The molecule has 0 heterocycles. The van der Waals surface area contributed by atoms with Crippen LogP contribution in [0.3, 0.4) is 0 Å². The normalized spacial score (nSPS) is 12.7. The minimum Gasteiger partial charge on any atom is -0.462 e. The molecule has 0 N–H and O–H groups in total. The van der Waals surface area contributed by atoms with E-state index >= 15 is 0 Å². The molecule has 0 bridgehead atoms. The summed E-state index contributed by atoms with van der Waals surface area (Å²) in [5, 5.41) is 0. The number of rotatable bonds is 47. The molecule has 0 aromatic heterocycles. The Morgan fingerprint density at radius 2 is 0.703 bits per heavy atom. The molecule has 0 rings (SSSR count). The Balaban J connectivity index is 4.41. The smallest absolute Gasteiger partial charge is 0.306 e. The van der Waals surface area contributed by atoms with Gasteiger partial charge in [0.05, 0.1) is 0 Å². The molecular formula is C58H98O6. The van der Waals surface area contributed by atoms with Crippen molar-refractivity contribution in [3.8, 4) is 0 Å². The van der Waals surface area contributed by atoms with Crippen LogP contribution < -0.4 is 0 Å². The van der Waals surface area contributed by atoms with Crippen molar-refractivity contribution in [3.05, 3.63) is 85.1 Å². The van der Waals surface area contributed by atoms with Crippen molar-refractivity contribution in [1.29, 1.82) is 0 Å². The van der Waals surface area contributed by atoms with Gasteiger partial charge in [0.1, 0.15) is 13.2 Å². The van der Waals surface area contributed by atoms with E-state index in [1.165, 1.54) is 128 Å². The molecule has 0 amide bonds. The average Bonchev–Trinajstić information content (AvgIpc) is 3.29. The molecule has 64 heavy (non-hydrogen) atoms. The van der Waals surface area contributed by atoms with Gasteiger partial charge >= 0.3 is 17.9 Å². The maximum atomic E-state index is 12.8. The second-order valence-corrected chi connectivity index (χ2v) is 17.5. The predicted octanol–water partition coefficient (Wildman–Crippen LogP) is 17.6. The summed E-state index contributed by atoms with van der Waals surface area (Å²) in [7, 11) is 0. The molecule has 0 spiro atoms. The Kier molecular flexibility index (Phi) is 49.4. The second kappa shape index (κ2) is 52.2. The van der Waals surface area contributed by atoms with Crippen LogP contribution in [0.15, 0.2) is 85.1 Å². The van der Waals surface area contributed by atoms with Crippen LogP contribution in [0.5, 0.6) is 0 Å². The van der Waals surface area contributed by atoms with Crippen molar-refractivity contribution in [2.24, 2.45) is 0 Å². The van der Waals surface area contributed by atoms with Crippen molar-refractivity contribution in [2.45, 2.75) is 252 Å². The second-order valence-electron chi connectivity index (χ2n) is 17.5. The summed E-state index contributed by atoms with van der Waals surface area (Å²) in [5.74, 6) is -0.984. The fraction of sp³-hybridized carbons (Fsp3) is 0.707. The van der Waals surface area contributed by atoms with Crippen LogP contribution in [-0.4, -0.2) is 37.2 Å². The molecule has 1 unspecified atom stereocenters. The van der Waals surface area contributed by atoms with Gasteiger partial charge in [0.15, 0.2) is 6.10 Å².